The second-order valence-corrected chi connectivity index (χ2v) is 5.64. The van der Waals surface area contributed by atoms with Gasteiger partial charge < -0.3 is 9.84 Å². The molecule has 0 spiro atoms. The highest BCUT2D eigenvalue weighted by atomic mass is 79.9. The molecule has 0 fully saturated rings. The number of hydrogen-bond donors (Lipinski definition) is 2. The van der Waals surface area contributed by atoms with E-state index in [1.165, 1.54) is 25.3 Å². The lowest BCUT2D eigenvalue weighted by Gasteiger charge is -2.07. The lowest BCUT2D eigenvalue weighted by atomic mass is 10.3. The average Bonchev–Trinajstić information content (AvgIpc) is 2.26. The van der Waals surface area contributed by atoms with Crippen LogP contribution in [-0.2, 0) is 14.8 Å². The van der Waals surface area contributed by atoms with Crippen molar-refractivity contribution in [1.29, 1.82) is 0 Å². The number of ether oxygens (including phenoxy) is 1. The van der Waals surface area contributed by atoms with E-state index in [1.54, 1.807) is 0 Å². The van der Waals surface area contributed by atoms with E-state index in [4.69, 9.17) is 9.84 Å². The molecule has 2 N–H and O–H groups in total. The normalized spacial score (nSPS) is 11.2. The van der Waals surface area contributed by atoms with Gasteiger partial charge in [0, 0.05) is 0 Å². The Bertz CT molecular complexity index is 528. The standard InChI is InChI=1S/C9H10BrNO5S/c1-16-8-3-2-6(4-7(8)10)17(14,15)11-5-9(12)13/h2-4,11H,5H2,1H3,(H,12,13). The molecular formula is C9H10BrNO5S. The predicted octanol–water partition coefficient (Wildman–Crippen LogP) is 0.821. The van der Waals surface area contributed by atoms with Crippen molar-refractivity contribution < 1.29 is 23.1 Å². The molecule has 0 radical (unpaired) electrons. The van der Waals surface area contributed by atoms with Gasteiger partial charge in [-0.05, 0) is 34.1 Å². The molecule has 0 amide bonds. The van der Waals surface area contributed by atoms with Gasteiger partial charge >= 0.3 is 5.97 Å². The van der Waals surface area contributed by atoms with Crippen LogP contribution < -0.4 is 9.46 Å². The second kappa shape index (κ2) is 5.48. The maximum absolute atomic E-state index is 11.7. The fraction of sp³-hybridized carbons (Fsp3) is 0.222. The molecule has 0 saturated carbocycles. The smallest absolute Gasteiger partial charge is 0.318 e. The minimum absolute atomic E-state index is 0.0357. The molecule has 0 aliphatic rings. The summed E-state index contributed by atoms with van der Waals surface area (Å²) >= 11 is 3.15. The third kappa shape index (κ3) is 3.69. The molecule has 0 aromatic heterocycles. The quantitative estimate of drug-likeness (QED) is 0.836. The first-order valence-electron chi connectivity index (χ1n) is 4.42. The first kappa shape index (κ1) is 13.9. The molecule has 0 aliphatic carbocycles. The van der Waals surface area contributed by atoms with E-state index in [2.05, 4.69) is 15.9 Å². The van der Waals surface area contributed by atoms with E-state index in [0.29, 0.717) is 10.2 Å². The molecule has 0 heterocycles. The van der Waals surface area contributed by atoms with Gasteiger partial charge in [0.1, 0.15) is 12.3 Å². The molecule has 0 bridgehead atoms. The van der Waals surface area contributed by atoms with Crippen molar-refractivity contribution in [2.24, 2.45) is 0 Å². The number of carbonyl (C=O) groups is 1. The summed E-state index contributed by atoms with van der Waals surface area (Å²) in [6, 6.07) is 4.14. The lowest BCUT2D eigenvalue weighted by Crippen LogP contribution is -2.29. The van der Waals surface area contributed by atoms with Crippen molar-refractivity contribution in [1.82, 2.24) is 4.72 Å². The zero-order valence-corrected chi connectivity index (χ0v) is 11.2. The van der Waals surface area contributed by atoms with Crippen LogP contribution >= 0.6 is 15.9 Å². The first-order valence-corrected chi connectivity index (χ1v) is 6.69. The largest absolute Gasteiger partial charge is 0.496 e. The number of carboxylic acids is 1. The maximum atomic E-state index is 11.7. The summed E-state index contributed by atoms with van der Waals surface area (Å²) in [5, 5.41) is 8.40. The van der Waals surface area contributed by atoms with Crippen molar-refractivity contribution in [3.8, 4) is 5.75 Å². The fourth-order valence-electron chi connectivity index (χ4n) is 1.05. The average molecular weight is 324 g/mol. The third-order valence-electron chi connectivity index (χ3n) is 1.85. The van der Waals surface area contributed by atoms with Gasteiger partial charge in [-0.1, -0.05) is 0 Å². The highest BCUT2D eigenvalue weighted by Gasteiger charge is 2.16. The Balaban J connectivity index is 2.99. The van der Waals surface area contributed by atoms with Crippen molar-refractivity contribution >= 4 is 31.9 Å². The minimum Gasteiger partial charge on any atom is -0.496 e. The van der Waals surface area contributed by atoms with Gasteiger partial charge in [-0.3, -0.25) is 4.79 Å². The Kier molecular flexibility index (Phi) is 4.49. The maximum Gasteiger partial charge on any atom is 0.318 e. The third-order valence-corrected chi connectivity index (χ3v) is 3.87. The van der Waals surface area contributed by atoms with E-state index in [1.807, 2.05) is 4.72 Å². The number of rotatable bonds is 5. The van der Waals surface area contributed by atoms with Crippen LogP contribution in [0, 0.1) is 0 Å². The molecule has 17 heavy (non-hydrogen) atoms. The summed E-state index contributed by atoms with van der Waals surface area (Å²) in [7, 11) is -2.36. The zero-order chi connectivity index (χ0) is 13.1. The Morgan fingerprint density at radius 2 is 2.18 bits per heavy atom. The molecule has 1 rings (SSSR count). The molecule has 0 atom stereocenters. The topological polar surface area (TPSA) is 92.7 Å². The van der Waals surface area contributed by atoms with Crippen LogP contribution in [0.3, 0.4) is 0 Å². The van der Waals surface area contributed by atoms with Gasteiger partial charge in [0.2, 0.25) is 10.0 Å². The number of methoxy groups -OCH3 is 1. The highest BCUT2D eigenvalue weighted by molar-refractivity contribution is 9.10. The Labute approximate surface area is 107 Å². The Morgan fingerprint density at radius 3 is 2.65 bits per heavy atom. The van der Waals surface area contributed by atoms with E-state index >= 15 is 0 Å². The Morgan fingerprint density at radius 1 is 1.53 bits per heavy atom. The van der Waals surface area contributed by atoms with Crippen LogP contribution in [0.5, 0.6) is 5.75 Å². The van der Waals surface area contributed by atoms with Crippen LogP contribution in [0.15, 0.2) is 27.6 Å². The number of nitrogens with one attached hydrogen (secondary N) is 1. The number of hydrogen-bond acceptors (Lipinski definition) is 4. The summed E-state index contributed by atoms with van der Waals surface area (Å²) in [5.41, 5.74) is 0. The van der Waals surface area contributed by atoms with Crippen molar-refractivity contribution in [2.45, 2.75) is 4.90 Å². The number of halogens is 1. The van der Waals surface area contributed by atoms with Crippen molar-refractivity contribution in [2.75, 3.05) is 13.7 Å². The second-order valence-electron chi connectivity index (χ2n) is 3.01. The van der Waals surface area contributed by atoms with E-state index in [0.717, 1.165) is 0 Å². The first-order chi connectivity index (χ1) is 7.86. The fourth-order valence-corrected chi connectivity index (χ4v) is 2.75. The van der Waals surface area contributed by atoms with Gasteiger partial charge in [-0.2, -0.15) is 4.72 Å². The van der Waals surface area contributed by atoms with Crippen LogP contribution in [0.2, 0.25) is 0 Å². The van der Waals surface area contributed by atoms with Gasteiger partial charge in [0.05, 0.1) is 16.5 Å². The van der Waals surface area contributed by atoms with Gasteiger partial charge in [0.15, 0.2) is 0 Å². The van der Waals surface area contributed by atoms with Crippen molar-refractivity contribution in [3.05, 3.63) is 22.7 Å². The summed E-state index contributed by atoms with van der Waals surface area (Å²) < 4.78 is 30.7. The molecule has 6 nitrogen and oxygen atoms in total. The summed E-state index contributed by atoms with van der Waals surface area (Å²) in [4.78, 5) is 10.3. The van der Waals surface area contributed by atoms with Crippen LogP contribution in [-0.4, -0.2) is 33.1 Å². The Hall–Kier alpha value is -1.12. The van der Waals surface area contributed by atoms with E-state index in [9.17, 15) is 13.2 Å². The summed E-state index contributed by atoms with van der Waals surface area (Å²) in [6.45, 7) is -0.661. The number of benzene rings is 1. The van der Waals surface area contributed by atoms with Gasteiger partial charge in [-0.15, -0.1) is 0 Å². The lowest BCUT2D eigenvalue weighted by molar-refractivity contribution is -0.135. The number of sulfonamides is 1. The zero-order valence-electron chi connectivity index (χ0n) is 8.81. The van der Waals surface area contributed by atoms with Gasteiger partial charge in [-0.25, -0.2) is 8.42 Å². The van der Waals surface area contributed by atoms with Crippen LogP contribution in [0.1, 0.15) is 0 Å². The molecule has 0 unspecified atom stereocenters. The molecule has 94 valence electrons. The highest BCUT2D eigenvalue weighted by Crippen LogP contribution is 2.27. The van der Waals surface area contributed by atoms with Crippen LogP contribution in [0.4, 0.5) is 0 Å². The van der Waals surface area contributed by atoms with Crippen LogP contribution in [0.25, 0.3) is 0 Å². The molecule has 0 aliphatic heterocycles. The predicted molar refractivity (Wildman–Crippen MR) is 63.5 cm³/mol. The molecule has 0 saturated heterocycles. The van der Waals surface area contributed by atoms with E-state index in [-0.39, 0.29) is 4.90 Å². The van der Waals surface area contributed by atoms with Crippen molar-refractivity contribution in [3.63, 3.8) is 0 Å². The van der Waals surface area contributed by atoms with Gasteiger partial charge in [0.25, 0.3) is 0 Å². The summed E-state index contributed by atoms with van der Waals surface area (Å²) in [5.74, 6) is -0.761. The summed E-state index contributed by atoms with van der Waals surface area (Å²) in [6.07, 6.45) is 0. The van der Waals surface area contributed by atoms with E-state index < -0.39 is 22.5 Å². The molecule has 8 heteroatoms. The minimum atomic E-state index is -3.82. The molecule has 1 aromatic rings. The molecular weight excluding hydrogens is 314 g/mol. The number of aliphatic carboxylic acids is 1. The number of carboxylic acid groups (broad SMARTS) is 1. The monoisotopic (exact) mass is 323 g/mol. The molecule has 1 aromatic carbocycles. The SMILES string of the molecule is COc1ccc(S(=O)(=O)NCC(=O)O)cc1Br.